The number of hydrogen-bond acceptors (Lipinski definition) is 6. The van der Waals surface area contributed by atoms with Gasteiger partial charge in [0.1, 0.15) is 11.6 Å². The first-order chi connectivity index (χ1) is 9.51. The van der Waals surface area contributed by atoms with Crippen molar-refractivity contribution in [2.24, 2.45) is 5.84 Å². The first kappa shape index (κ1) is 14.2. The van der Waals surface area contributed by atoms with Crippen molar-refractivity contribution in [3.63, 3.8) is 0 Å². The molecule has 4 N–H and O–H groups in total. The first-order valence-corrected chi connectivity index (χ1v) is 6.14. The van der Waals surface area contributed by atoms with Gasteiger partial charge in [0.2, 0.25) is 5.82 Å². The molecule has 1 aromatic heterocycles. The number of nitrogens with one attached hydrogen (secondary N) is 2. The van der Waals surface area contributed by atoms with Crippen molar-refractivity contribution in [1.82, 2.24) is 4.98 Å². The van der Waals surface area contributed by atoms with Crippen LogP contribution in [0.5, 0.6) is 0 Å². The lowest BCUT2D eigenvalue weighted by atomic mass is 10.3. The first-order valence-electron chi connectivity index (χ1n) is 5.35. The molecule has 104 valence electrons. The normalized spacial score (nSPS) is 10.2. The molecule has 0 saturated heterocycles. The third kappa shape index (κ3) is 3.00. The van der Waals surface area contributed by atoms with Gasteiger partial charge in [-0.1, -0.05) is 0 Å². The van der Waals surface area contributed by atoms with Gasteiger partial charge in [-0.05, 0) is 40.2 Å². The summed E-state index contributed by atoms with van der Waals surface area (Å²) in [5.74, 6) is 4.93. The number of nitro groups is 1. The number of pyridine rings is 1. The third-order valence-corrected chi connectivity index (χ3v) is 3.09. The standard InChI is InChI=1S/C11H9BrFN5O2/c12-7-2-1-6(13)5-8(7)15-11-9(18(19)20)3-4-10(16-11)17-14/h1-5H,14H2,(H2,15,16,17). The number of hydrazine groups is 1. The minimum absolute atomic E-state index is 0.0447. The van der Waals surface area contributed by atoms with E-state index in [1.807, 2.05) is 0 Å². The van der Waals surface area contributed by atoms with Crippen molar-refractivity contribution in [3.05, 3.63) is 50.7 Å². The van der Waals surface area contributed by atoms with Gasteiger partial charge in [0.25, 0.3) is 0 Å². The zero-order valence-electron chi connectivity index (χ0n) is 9.93. The summed E-state index contributed by atoms with van der Waals surface area (Å²) in [6.45, 7) is 0. The van der Waals surface area contributed by atoms with Crippen LogP contribution in [-0.4, -0.2) is 9.91 Å². The SMILES string of the molecule is NNc1ccc([N+](=O)[O-])c(Nc2cc(F)ccc2Br)n1. The second-order valence-electron chi connectivity index (χ2n) is 3.71. The van der Waals surface area contributed by atoms with Gasteiger partial charge in [-0.25, -0.2) is 15.2 Å². The zero-order chi connectivity index (χ0) is 14.7. The molecule has 0 aliphatic heterocycles. The van der Waals surface area contributed by atoms with Gasteiger partial charge in [-0.3, -0.25) is 10.1 Å². The third-order valence-electron chi connectivity index (χ3n) is 2.40. The second kappa shape index (κ2) is 5.80. The van der Waals surface area contributed by atoms with E-state index in [4.69, 9.17) is 5.84 Å². The topological polar surface area (TPSA) is 106 Å². The molecular formula is C11H9BrFN5O2. The molecule has 0 atom stereocenters. The summed E-state index contributed by atoms with van der Waals surface area (Å²) in [5.41, 5.74) is 2.35. The van der Waals surface area contributed by atoms with E-state index in [0.717, 1.165) is 0 Å². The number of benzene rings is 1. The molecule has 0 unspecified atom stereocenters. The molecule has 2 aromatic rings. The number of aromatic nitrogens is 1. The Hall–Kier alpha value is -2.26. The average molecular weight is 342 g/mol. The molecule has 7 nitrogen and oxygen atoms in total. The van der Waals surface area contributed by atoms with E-state index in [1.54, 1.807) is 0 Å². The van der Waals surface area contributed by atoms with Crippen molar-refractivity contribution in [1.29, 1.82) is 0 Å². The van der Waals surface area contributed by atoms with E-state index in [2.05, 4.69) is 31.7 Å². The van der Waals surface area contributed by atoms with Gasteiger partial charge in [0, 0.05) is 10.5 Å². The summed E-state index contributed by atoms with van der Waals surface area (Å²) in [5, 5.41) is 13.7. The fourth-order valence-electron chi connectivity index (χ4n) is 1.49. The van der Waals surface area contributed by atoms with Crippen LogP contribution < -0.4 is 16.6 Å². The van der Waals surface area contributed by atoms with Crippen LogP contribution in [0.1, 0.15) is 0 Å². The number of anilines is 3. The van der Waals surface area contributed by atoms with E-state index in [9.17, 15) is 14.5 Å². The summed E-state index contributed by atoms with van der Waals surface area (Å²) in [4.78, 5) is 14.3. The summed E-state index contributed by atoms with van der Waals surface area (Å²) >= 11 is 3.22. The Balaban J connectivity index is 2.45. The molecule has 9 heteroatoms. The highest BCUT2D eigenvalue weighted by Crippen LogP contribution is 2.31. The predicted octanol–water partition coefficient (Wildman–Crippen LogP) is 2.92. The fourth-order valence-corrected chi connectivity index (χ4v) is 1.84. The van der Waals surface area contributed by atoms with Gasteiger partial charge < -0.3 is 10.7 Å². The van der Waals surface area contributed by atoms with Crippen molar-refractivity contribution in [3.8, 4) is 0 Å². The molecule has 1 aromatic carbocycles. The Labute approximate surface area is 121 Å². The molecule has 2 rings (SSSR count). The van der Waals surface area contributed by atoms with Gasteiger partial charge >= 0.3 is 5.69 Å². The summed E-state index contributed by atoms with van der Waals surface area (Å²) in [6.07, 6.45) is 0. The molecular weight excluding hydrogens is 333 g/mol. The quantitative estimate of drug-likeness (QED) is 0.448. The molecule has 0 saturated carbocycles. The number of nitrogens with zero attached hydrogens (tertiary/aromatic N) is 2. The summed E-state index contributed by atoms with van der Waals surface area (Å²) in [7, 11) is 0. The zero-order valence-corrected chi connectivity index (χ0v) is 11.5. The van der Waals surface area contributed by atoms with Crippen molar-refractivity contribution < 1.29 is 9.31 Å². The Morgan fingerprint density at radius 3 is 2.75 bits per heavy atom. The lowest BCUT2D eigenvalue weighted by molar-refractivity contribution is -0.384. The Bertz CT molecular complexity index is 667. The van der Waals surface area contributed by atoms with E-state index in [0.29, 0.717) is 10.2 Å². The number of halogens is 2. The van der Waals surface area contributed by atoms with Crippen LogP contribution in [0.3, 0.4) is 0 Å². The van der Waals surface area contributed by atoms with Gasteiger partial charge in [-0.2, -0.15) is 0 Å². The molecule has 0 bridgehead atoms. The van der Waals surface area contributed by atoms with E-state index in [-0.39, 0.29) is 17.3 Å². The molecule has 0 fully saturated rings. The smallest absolute Gasteiger partial charge is 0.311 e. The maximum absolute atomic E-state index is 13.2. The van der Waals surface area contributed by atoms with Crippen LogP contribution in [0.25, 0.3) is 0 Å². The molecule has 1 heterocycles. The molecule has 0 spiro atoms. The number of nitrogen functional groups attached to an aromatic ring is 1. The molecule has 0 radical (unpaired) electrons. The minimum atomic E-state index is -0.594. The van der Waals surface area contributed by atoms with Crippen molar-refractivity contribution in [2.75, 3.05) is 10.7 Å². The summed E-state index contributed by atoms with van der Waals surface area (Å²) < 4.78 is 13.7. The number of rotatable bonds is 4. The molecule has 0 amide bonds. The number of hydrogen-bond donors (Lipinski definition) is 3. The van der Waals surface area contributed by atoms with Crippen LogP contribution in [0.15, 0.2) is 34.8 Å². The highest BCUT2D eigenvalue weighted by molar-refractivity contribution is 9.10. The van der Waals surface area contributed by atoms with Gasteiger partial charge in [-0.15, -0.1) is 0 Å². The molecule has 0 aliphatic carbocycles. The van der Waals surface area contributed by atoms with Gasteiger partial charge in [0.05, 0.1) is 10.6 Å². The lowest BCUT2D eigenvalue weighted by Crippen LogP contribution is -2.10. The molecule has 0 aliphatic rings. The Morgan fingerprint density at radius 2 is 2.10 bits per heavy atom. The molecule has 20 heavy (non-hydrogen) atoms. The Kier molecular flexibility index (Phi) is 4.11. The summed E-state index contributed by atoms with van der Waals surface area (Å²) in [6, 6.07) is 6.54. The maximum atomic E-state index is 13.2. The van der Waals surface area contributed by atoms with Crippen molar-refractivity contribution in [2.45, 2.75) is 0 Å². The lowest BCUT2D eigenvalue weighted by Gasteiger charge is -2.09. The van der Waals surface area contributed by atoms with Crippen LogP contribution >= 0.6 is 15.9 Å². The van der Waals surface area contributed by atoms with Crippen LogP contribution in [0.2, 0.25) is 0 Å². The monoisotopic (exact) mass is 341 g/mol. The second-order valence-corrected chi connectivity index (χ2v) is 4.57. The van der Waals surface area contributed by atoms with E-state index >= 15 is 0 Å². The predicted molar refractivity (Wildman–Crippen MR) is 76.1 cm³/mol. The van der Waals surface area contributed by atoms with Crippen LogP contribution in [-0.2, 0) is 0 Å². The highest BCUT2D eigenvalue weighted by atomic mass is 79.9. The average Bonchev–Trinajstić information content (AvgIpc) is 2.42. The van der Waals surface area contributed by atoms with E-state index in [1.165, 1.54) is 30.3 Å². The fraction of sp³-hybridized carbons (Fsp3) is 0. The minimum Gasteiger partial charge on any atom is -0.333 e. The van der Waals surface area contributed by atoms with Crippen LogP contribution in [0.4, 0.5) is 27.4 Å². The number of nitrogens with two attached hydrogens (primary N) is 1. The largest absolute Gasteiger partial charge is 0.333 e. The van der Waals surface area contributed by atoms with Gasteiger partial charge in [0.15, 0.2) is 0 Å². The highest BCUT2D eigenvalue weighted by Gasteiger charge is 2.17. The van der Waals surface area contributed by atoms with E-state index < -0.39 is 10.7 Å². The van der Waals surface area contributed by atoms with Crippen molar-refractivity contribution >= 4 is 38.9 Å². The Morgan fingerprint density at radius 1 is 1.35 bits per heavy atom. The maximum Gasteiger partial charge on any atom is 0.311 e. The van der Waals surface area contributed by atoms with Crippen LogP contribution in [0, 0.1) is 15.9 Å².